The van der Waals surface area contributed by atoms with Crippen molar-refractivity contribution in [2.24, 2.45) is 0 Å². The first-order valence-electron chi connectivity index (χ1n) is 13.6. The van der Waals surface area contributed by atoms with Crippen molar-refractivity contribution in [3.63, 3.8) is 0 Å². The first kappa shape index (κ1) is 26.9. The lowest BCUT2D eigenvalue weighted by atomic mass is 9.85. The molecule has 2 aliphatic heterocycles. The SMILES string of the molecule is CC[C@@]1(OC(=O)COc2ccc3c(C)c(Cl)c(=O)oc3c2)C(=O)OCc2c1cc1n(c2=O)Cc2cc3ccccc3nc2-1. The van der Waals surface area contributed by atoms with Gasteiger partial charge in [-0.25, -0.2) is 19.4 Å². The lowest BCUT2D eigenvalue weighted by molar-refractivity contribution is -0.190. The van der Waals surface area contributed by atoms with E-state index in [1.165, 1.54) is 6.07 Å². The third-order valence-corrected chi connectivity index (χ3v) is 8.54. The molecule has 0 N–H and O–H groups in total. The van der Waals surface area contributed by atoms with Gasteiger partial charge < -0.3 is 23.2 Å². The van der Waals surface area contributed by atoms with Crippen molar-refractivity contribution in [1.82, 2.24) is 9.55 Å². The summed E-state index contributed by atoms with van der Waals surface area (Å²) in [6.45, 7) is 2.90. The van der Waals surface area contributed by atoms with Crippen molar-refractivity contribution in [2.75, 3.05) is 6.61 Å². The number of aryl methyl sites for hydroxylation is 1. The molecule has 10 nitrogen and oxygen atoms in total. The molecule has 0 spiro atoms. The molecule has 0 aliphatic carbocycles. The van der Waals surface area contributed by atoms with Gasteiger partial charge in [0.15, 0.2) is 6.61 Å². The van der Waals surface area contributed by atoms with E-state index in [1.54, 1.807) is 36.6 Å². The first-order chi connectivity index (χ1) is 20.7. The minimum atomic E-state index is -1.85. The van der Waals surface area contributed by atoms with E-state index in [2.05, 4.69) is 0 Å². The van der Waals surface area contributed by atoms with Crippen LogP contribution in [0.2, 0.25) is 5.02 Å². The van der Waals surface area contributed by atoms with Crippen molar-refractivity contribution >= 4 is 45.4 Å². The molecule has 7 rings (SSSR count). The minimum Gasteiger partial charge on any atom is -0.482 e. The number of halogens is 1. The predicted molar refractivity (Wildman–Crippen MR) is 156 cm³/mol. The van der Waals surface area contributed by atoms with Gasteiger partial charge in [-0.05, 0) is 49.2 Å². The lowest BCUT2D eigenvalue weighted by Gasteiger charge is -2.35. The van der Waals surface area contributed by atoms with Crippen molar-refractivity contribution in [3.05, 3.63) is 103 Å². The summed E-state index contributed by atoms with van der Waals surface area (Å²) in [5.74, 6) is -1.40. The maximum atomic E-state index is 13.7. The van der Waals surface area contributed by atoms with E-state index in [0.717, 1.165) is 16.5 Å². The van der Waals surface area contributed by atoms with E-state index < -0.39 is 29.8 Å². The molecule has 2 aromatic carbocycles. The summed E-state index contributed by atoms with van der Waals surface area (Å²) >= 11 is 5.99. The molecule has 0 saturated carbocycles. The summed E-state index contributed by atoms with van der Waals surface area (Å²) in [5.41, 5.74) is 1.28. The van der Waals surface area contributed by atoms with Crippen LogP contribution in [0.1, 0.15) is 35.6 Å². The van der Waals surface area contributed by atoms with Crippen molar-refractivity contribution in [2.45, 2.75) is 39.0 Å². The normalized spacial score (nSPS) is 16.9. The highest BCUT2D eigenvalue weighted by atomic mass is 35.5. The zero-order valence-electron chi connectivity index (χ0n) is 23.1. The van der Waals surface area contributed by atoms with Gasteiger partial charge in [-0.2, -0.15) is 0 Å². The molecule has 43 heavy (non-hydrogen) atoms. The van der Waals surface area contributed by atoms with Crippen molar-refractivity contribution in [3.8, 4) is 17.1 Å². The number of rotatable bonds is 5. The quantitative estimate of drug-likeness (QED) is 0.203. The Balaban J connectivity index is 1.22. The standard InChI is InChI=1S/C32H23ClN2O8/c1-3-32(43-26(36)15-40-19-8-9-20-16(2)27(33)30(38)42-25(20)11-19)22-12-24-28-18(10-17-6-4-5-7-23(17)34-28)13-35(24)29(37)21(22)14-41-31(32)39/h4-12H,3,13-15H2,1-2H3/t32-/m0/s1. The number of esters is 2. The number of hydrogen-bond acceptors (Lipinski definition) is 9. The number of aromatic nitrogens is 2. The molecular weight excluding hydrogens is 576 g/mol. The van der Waals surface area contributed by atoms with Crippen LogP contribution in [0.25, 0.3) is 33.3 Å². The lowest BCUT2D eigenvalue weighted by Crippen LogP contribution is -2.48. The van der Waals surface area contributed by atoms with Crippen LogP contribution in [0.15, 0.2) is 68.6 Å². The summed E-state index contributed by atoms with van der Waals surface area (Å²) < 4.78 is 23.7. The number of nitrogens with zero attached hydrogens (tertiary/aromatic N) is 2. The van der Waals surface area contributed by atoms with Crippen molar-refractivity contribution in [1.29, 1.82) is 0 Å². The molecule has 5 aromatic rings. The highest BCUT2D eigenvalue weighted by Crippen LogP contribution is 2.41. The fourth-order valence-corrected chi connectivity index (χ4v) is 5.99. The number of ether oxygens (including phenoxy) is 3. The number of pyridine rings is 2. The maximum Gasteiger partial charge on any atom is 0.355 e. The first-order valence-corrected chi connectivity index (χ1v) is 14.0. The average molecular weight is 599 g/mol. The smallest absolute Gasteiger partial charge is 0.355 e. The van der Waals surface area contributed by atoms with Gasteiger partial charge in [0.2, 0.25) is 5.60 Å². The zero-order chi connectivity index (χ0) is 30.0. The van der Waals surface area contributed by atoms with Crippen LogP contribution in [0.4, 0.5) is 0 Å². The van der Waals surface area contributed by atoms with Crippen LogP contribution in [0, 0.1) is 6.92 Å². The maximum absolute atomic E-state index is 13.7. The third-order valence-electron chi connectivity index (χ3n) is 8.10. The van der Waals surface area contributed by atoms with Gasteiger partial charge in [0.25, 0.3) is 5.56 Å². The Morgan fingerprint density at radius 2 is 1.93 bits per heavy atom. The second-order valence-electron chi connectivity index (χ2n) is 10.5. The average Bonchev–Trinajstić information content (AvgIpc) is 3.37. The molecule has 0 fully saturated rings. The fourth-order valence-electron chi connectivity index (χ4n) is 5.85. The largest absolute Gasteiger partial charge is 0.482 e. The Kier molecular flexibility index (Phi) is 6.14. The number of cyclic esters (lactones) is 1. The highest BCUT2D eigenvalue weighted by molar-refractivity contribution is 6.31. The van der Waals surface area contributed by atoms with E-state index in [0.29, 0.717) is 28.9 Å². The number of fused-ring (bicyclic) bond motifs is 6. The number of carbonyl (C=O) groups is 2. The molecule has 0 radical (unpaired) electrons. The Morgan fingerprint density at radius 1 is 1.12 bits per heavy atom. The Morgan fingerprint density at radius 3 is 2.74 bits per heavy atom. The van der Waals surface area contributed by atoms with Crippen LogP contribution < -0.4 is 15.9 Å². The number of hydrogen-bond donors (Lipinski definition) is 0. The summed E-state index contributed by atoms with van der Waals surface area (Å²) in [4.78, 5) is 56.9. The van der Waals surface area contributed by atoms with E-state index in [4.69, 9.17) is 35.2 Å². The van der Waals surface area contributed by atoms with Gasteiger partial charge >= 0.3 is 17.6 Å². The molecule has 0 saturated heterocycles. The Hall–Kier alpha value is -4.96. The van der Waals surface area contributed by atoms with E-state index in [9.17, 15) is 19.2 Å². The van der Waals surface area contributed by atoms with E-state index >= 15 is 0 Å². The summed E-state index contributed by atoms with van der Waals surface area (Å²) in [6.07, 6.45) is 0.0205. The second kappa shape index (κ2) is 9.81. The van der Waals surface area contributed by atoms with E-state index in [-0.39, 0.29) is 46.1 Å². The van der Waals surface area contributed by atoms with Crippen LogP contribution in [0.3, 0.4) is 0 Å². The van der Waals surface area contributed by atoms with Gasteiger partial charge in [-0.1, -0.05) is 36.7 Å². The van der Waals surface area contributed by atoms with Gasteiger partial charge in [0.05, 0.1) is 29.0 Å². The van der Waals surface area contributed by atoms with Gasteiger partial charge in [-0.3, -0.25) is 4.79 Å². The highest BCUT2D eigenvalue weighted by Gasteiger charge is 2.50. The monoisotopic (exact) mass is 598 g/mol. The third kappa shape index (κ3) is 4.12. The number of carbonyl (C=O) groups excluding carboxylic acids is 2. The number of para-hydroxylation sites is 1. The predicted octanol–water partition coefficient (Wildman–Crippen LogP) is 4.78. The molecule has 216 valence electrons. The minimum absolute atomic E-state index is 0.00726. The fraction of sp³-hybridized carbons (Fsp3) is 0.219. The number of benzene rings is 2. The van der Waals surface area contributed by atoms with Crippen LogP contribution in [-0.4, -0.2) is 28.1 Å². The van der Waals surface area contributed by atoms with E-state index in [1.807, 2.05) is 30.3 Å². The second-order valence-corrected chi connectivity index (χ2v) is 10.9. The van der Waals surface area contributed by atoms with Gasteiger partial charge in [-0.15, -0.1) is 0 Å². The molecule has 0 amide bonds. The van der Waals surface area contributed by atoms with Crippen LogP contribution in [0.5, 0.6) is 5.75 Å². The van der Waals surface area contributed by atoms with Crippen molar-refractivity contribution < 1.29 is 28.2 Å². The summed E-state index contributed by atoms with van der Waals surface area (Å²) in [7, 11) is 0. The van der Waals surface area contributed by atoms with Gasteiger partial charge in [0.1, 0.15) is 23.0 Å². The molecule has 11 heteroatoms. The Bertz CT molecular complexity index is 2150. The molecule has 5 heterocycles. The van der Waals surface area contributed by atoms with Gasteiger partial charge in [0, 0.05) is 28.0 Å². The molecule has 2 aliphatic rings. The molecule has 3 aromatic heterocycles. The van der Waals surface area contributed by atoms with Crippen LogP contribution in [-0.2, 0) is 37.8 Å². The zero-order valence-corrected chi connectivity index (χ0v) is 23.8. The van der Waals surface area contributed by atoms with Crippen LogP contribution >= 0.6 is 11.6 Å². The molecule has 0 unspecified atom stereocenters. The summed E-state index contributed by atoms with van der Waals surface area (Å²) in [6, 6.07) is 16.1. The molecule has 0 bridgehead atoms. The molecular formula is C32H23ClN2O8. The molecule has 1 atom stereocenters. The topological polar surface area (TPSA) is 127 Å². The Labute approximate surface area is 248 Å². The summed E-state index contributed by atoms with van der Waals surface area (Å²) in [5, 5.41) is 1.57.